The third-order valence-electron chi connectivity index (χ3n) is 5.30. The highest BCUT2D eigenvalue weighted by atomic mass is 16.5. The van der Waals surface area contributed by atoms with Crippen LogP contribution in [0, 0.1) is 11.3 Å². The summed E-state index contributed by atoms with van der Waals surface area (Å²) in [7, 11) is 3.25. The topological polar surface area (TPSA) is 121 Å². The lowest BCUT2D eigenvalue weighted by Gasteiger charge is -2.20. The first kappa shape index (κ1) is 24.1. The molecule has 2 aromatic rings. The number of methoxy groups -OCH3 is 1. The van der Waals surface area contributed by atoms with Crippen LogP contribution in [0.15, 0.2) is 24.4 Å². The predicted molar refractivity (Wildman–Crippen MR) is 122 cm³/mol. The molecule has 1 saturated heterocycles. The van der Waals surface area contributed by atoms with Gasteiger partial charge in [0.1, 0.15) is 34.7 Å². The van der Waals surface area contributed by atoms with E-state index in [0.717, 1.165) is 25.1 Å². The van der Waals surface area contributed by atoms with Gasteiger partial charge in [0, 0.05) is 39.9 Å². The zero-order chi connectivity index (χ0) is 24.0. The van der Waals surface area contributed by atoms with Crippen molar-refractivity contribution in [3.63, 3.8) is 0 Å². The van der Waals surface area contributed by atoms with Crippen molar-refractivity contribution in [1.29, 1.82) is 5.26 Å². The lowest BCUT2D eigenvalue weighted by Crippen LogP contribution is -2.32. The van der Waals surface area contributed by atoms with Gasteiger partial charge in [-0.25, -0.2) is 14.8 Å². The van der Waals surface area contributed by atoms with Gasteiger partial charge in [-0.05, 0) is 31.9 Å². The van der Waals surface area contributed by atoms with E-state index in [1.54, 1.807) is 20.2 Å². The molecule has 2 amide bonds. The maximum Gasteiger partial charge on any atom is 0.328 e. The van der Waals surface area contributed by atoms with Crippen LogP contribution in [0.5, 0.6) is 5.75 Å². The van der Waals surface area contributed by atoms with Crippen LogP contribution < -0.4 is 15.0 Å². The van der Waals surface area contributed by atoms with Crippen molar-refractivity contribution in [2.75, 3.05) is 37.5 Å². The Kier molecular flexibility index (Phi) is 7.92. The van der Waals surface area contributed by atoms with E-state index < -0.39 is 6.03 Å². The van der Waals surface area contributed by atoms with Crippen LogP contribution in [-0.2, 0) is 11.3 Å². The largest absolute Gasteiger partial charge is 0.489 e. The quantitative estimate of drug-likeness (QED) is 0.607. The maximum absolute atomic E-state index is 12.8. The molecule has 0 aliphatic carbocycles. The summed E-state index contributed by atoms with van der Waals surface area (Å²) in [6.07, 6.45) is 3.06. The first-order chi connectivity index (χ1) is 15.8. The lowest BCUT2D eigenvalue weighted by molar-refractivity contribution is 0.107. The SMILES string of the molecule is COC1CCN(Cc2ccc(N(C)C(=O)Nc3cc(OC(C)C)c(C#N)cn3)nc2C=O)C1. The van der Waals surface area contributed by atoms with Crippen LogP contribution in [0.1, 0.15) is 41.9 Å². The second-order valence-corrected chi connectivity index (χ2v) is 8.05. The molecule has 33 heavy (non-hydrogen) atoms. The van der Waals surface area contributed by atoms with Crippen LogP contribution in [0.4, 0.5) is 16.4 Å². The van der Waals surface area contributed by atoms with Gasteiger partial charge < -0.3 is 9.47 Å². The third kappa shape index (κ3) is 6.03. The molecule has 1 aliphatic heterocycles. The summed E-state index contributed by atoms with van der Waals surface area (Å²) in [5.74, 6) is 0.890. The number of carbonyl (C=O) groups excluding carboxylic acids is 2. The molecule has 1 atom stereocenters. The van der Waals surface area contributed by atoms with Crippen molar-refractivity contribution in [3.8, 4) is 11.8 Å². The van der Waals surface area contributed by atoms with Crippen molar-refractivity contribution in [1.82, 2.24) is 14.9 Å². The Hall–Kier alpha value is -3.55. The minimum atomic E-state index is -0.498. The van der Waals surface area contributed by atoms with Crippen molar-refractivity contribution in [3.05, 3.63) is 41.2 Å². The number of nitrogens with one attached hydrogen (secondary N) is 1. The maximum atomic E-state index is 12.8. The average Bonchev–Trinajstić information content (AvgIpc) is 3.26. The first-order valence-electron chi connectivity index (χ1n) is 10.7. The number of hydrogen-bond donors (Lipinski definition) is 1. The molecule has 0 saturated carbocycles. The standard InChI is InChI=1S/C23H28N6O4/c1-15(2)33-20-9-21(25-11-17(20)10-24)27-23(31)28(3)22-6-5-16(19(14-30)26-22)12-29-8-7-18(13-29)32-4/h5-6,9,11,14-15,18H,7-8,12-13H2,1-4H3,(H,25,27,31). The molecular formula is C23H28N6O4. The number of likely N-dealkylation sites (tertiary alicyclic amines) is 1. The molecule has 0 radical (unpaired) electrons. The number of rotatable bonds is 8. The van der Waals surface area contributed by atoms with Gasteiger partial charge in [-0.2, -0.15) is 5.26 Å². The monoisotopic (exact) mass is 452 g/mol. The van der Waals surface area contributed by atoms with Gasteiger partial charge in [0.15, 0.2) is 6.29 Å². The number of ether oxygens (including phenoxy) is 2. The molecule has 1 fully saturated rings. The van der Waals surface area contributed by atoms with Crippen LogP contribution in [0.3, 0.4) is 0 Å². The average molecular weight is 453 g/mol. The second-order valence-electron chi connectivity index (χ2n) is 8.05. The number of nitrogens with zero attached hydrogens (tertiary/aromatic N) is 5. The van der Waals surface area contributed by atoms with Crippen LogP contribution >= 0.6 is 0 Å². The molecule has 1 N–H and O–H groups in total. The van der Waals surface area contributed by atoms with Gasteiger partial charge in [-0.15, -0.1) is 0 Å². The van der Waals surface area contributed by atoms with Gasteiger partial charge in [0.2, 0.25) is 0 Å². The Balaban J connectivity index is 1.71. The van der Waals surface area contributed by atoms with E-state index in [1.165, 1.54) is 17.2 Å². The number of amides is 2. The molecule has 0 bridgehead atoms. The number of anilines is 2. The van der Waals surface area contributed by atoms with E-state index in [0.29, 0.717) is 24.4 Å². The molecule has 1 aliphatic rings. The number of aromatic nitrogens is 2. The molecule has 174 valence electrons. The molecule has 10 nitrogen and oxygen atoms in total. The van der Waals surface area contributed by atoms with Crippen LogP contribution in [-0.4, -0.2) is 66.6 Å². The van der Waals surface area contributed by atoms with E-state index in [2.05, 4.69) is 20.2 Å². The van der Waals surface area contributed by atoms with Crippen LogP contribution in [0.2, 0.25) is 0 Å². The third-order valence-corrected chi connectivity index (χ3v) is 5.30. The summed E-state index contributed by atoms with van der Waals surface area (Å²) in [5, 5.41) is 11.9. The molecule has 3 heterocycles. The second kappa shape index (κ2) is 10.8. The number of aldehydes is 1. The highest BCUT2D eigenvalue weighted by molar-refractivity contribution is 6.00. The smallest absolute Gasteiger partial charge is 0.328 e. The van der Waals surface area contributed by atoms with Crippen LogP contribution in [0.25, 0.3) is 0 Å². The van der Waals surface area contributed by atoms with Gasteiger partial charge in [-0.3, -0.25) is 19.9 Å². The Labute approximate surface area is 193 Å². The number of hydrogen-bond acceptors (Lipinski definition) is 8. The first-order valence-corrected chi connectivity index (χ1v) is 10.7. The number of carbonyl (C=O) groups is 2. The zero-order valence-corrected chi connectivity index (χ0v) is 19.2. The van der Waals surface area contributed by atoms with E-state index in [1.807, 2.05) is 26.0 Å². The predicted octanol–water partition coefficient (Wildman–Crippen LogP) is 2.84. The van der Waals surface area contributed by atoms with E-state index in [9.17, 15) is 14.9 Å². The normalized spacial score (nSPS) is 15.8. The minimum Gasteiger partial charge on any atom is -0.489 e. The van der Waals surface area contributed by atoms with Gasteiger partial charge >= 0.3 is 6.03 Å². The van der Waals surface area contributed by atoms with E-state index in [4.69, 9.17) is 9.47 Å². The Morgan fingerprint density at radius 3 is 2.88 bits per heavy atom. The van der Waals surface area contributed by atoms with Gasteiger partial charge in [0.25, 0.3) is 0 Å². The molecule has 3 rings (SSSR count). The number of nitriles is 1. The molecular weight excluding hydrogens is 424 g/mol. The highest BCUT2D eigenvalue weighted by Crippen LogP contribution is 2.23. The molecule has 0 aromatic carbocycles. The molecule has 1 unspecified atom stereocenters. The van der Waals surface area contributed by atoms with Gasteiger partial charge in [0.05, 0.1) is 18.4 Å². The Morgan fingerprint density at radius 2 is 2.24 bits per heavy atom. The summed E-state index contributed by atoms with van der Waals surface area (Å²) < 4.78 is 11.0. The highest BCUT2D eigenvalue weighted by Gasteiger charge is 2.23. The van der Waals surface area contributed by atoms with E-state index in [-0.39, 0.29) is 29.3 Å². The summed E-state index contributed by atoms with van der Waals surface area (Å²) >= 11 is 0. The fourth-order valence-corrected chi connectivity index (χ4v) is 3.53. The van der Waals surface area contributed by atoms with Gasteiger partial charge in [-0.1, -0.05) is 6.07 Å². The van der Waals surface area contributed by atoms with Crippen molar-refractivity contribution in [2.45, 2.75) is 39.0 Å². The summed E-state index contributed by atoms with van der Waals surface area (Å²) in [5.41, 5.74) is 1.36. The lowest BCUT2D eigenvalue weighted by atomic mass is 10.2. The Bertz CT molecular complexity index is 1050. The van der Waals surface area contributed by atoms with E-state index >= 15 is 0 Å². The fourth-order valence-electron chi connectivity index (χ4n) is 3.53. The molecule has 0 spiro atoms. The van der Waals surface area contributed by atoms with Crippen molar-refractivity contribution >= 4 is 24.0 Å². The molecule has 2 aromatic heterocycles. The minimum absolute atomic E-state index is 0.142. The van der Waals surface area contributed by atoms with Crippen molar-refractivity contribution in [2.24, 2.45) is 0 Å². The number of pyridine rings is 2. The number of urea groups is 1. The van der Waals surface area contributed by atoms with Crippen molar-refractivity contribution < 1.29 is 19.1 Å². The summed E-state index contributed by atoms with van der Waals surface area (Å²) in [6, 6.07) is 6.53. The fraction of sp³-hybridized carbons (Fsp3) is 0.435. The zero-order valence-electron chi connectivity index (χ0n) is 19.2. The molecule has 10 heteroatoms. The Morgan fingerprint density at radius 1 is 1.45 bits per heavy atom. The summed E-state index contributed by atoms with van der Waals surface area (Å²) in [4.78, 5) is 36.4. The summed E-state index contributed by atoms with van der Waals surface area (Å²) in [6.45, 7) is 5.96.